The highest BCUT2D eigenvalue weighted by Gasteiger charge is 2.44. The van der Waals surface area contributed by atoms with Gasteiger partial charge in [0.25, 0.3) is 5.91 Å². The van der Waals surface area contributed by atoms with Crippen LogP contribution in [0.3, 0.4) is 0 Å². The molecule has 1 amide bonds. The Morgan fingerprint density at radius 3 is 2.39 bits per heavy atom. The fraction of sp³-hybridized carbons (Fsp3) is 0.120. The molecule has 5 rings (SSSR count). The highest BCUT2D eigenvalue weighted by molar-refractivity contribution is 5.97. The third-order valence-electron chi connectivity index (χ3n) is 5.43. The maximum absolute atomic E-state index is 13.2. The van der Waals surface area contributed by atoms with Gasteiger partial charge < -0.3 is 19.2 Å². The summed E-state index contributed by atoms with van der Waals surface area (Å²) in [4.78, 5) is 26.2. The molecule has 0 aliphatic carbocycles. The molecular weight excluding hydrogens is 394 g/mol. The molecule has 154 valence electrons. The number of para-hydroxylation sites is 2. The van der Waals surface area contributed by atoms with Gasteiger partial charge in [-0.15, -0.1) is 0 Å². The fourth-order valence-electron chi connectivity index (χ4n) is 3.97. The van der Waals surface area contributed by atoms with Gasteiger partial charge in [-0.1, -0.05) is 42.5 Å². The molecule has 1 N–H and O–H groups in total. The number of methoxy groups -OCH3 is 1. The number of rotatable bonds is 4. The van der Waals surface area contributed by atoms with Gasteiger partial charge in [0.2, 0.25) is 0 Å². The van der Waals surface area contributed by atoms with E-state index < -0.39 is 17.6 Å². The minimum absolute atomic E-state index is 0.341. The van der Waals surface area contributed by atoms with Crippen LogP contribution in [0, 0.1) is 0 Å². The molecule has 3 aromatic carbocycles. The van der Waals surface area contributed by atoms with Crippen molar-refractivity contribution in [3.63, 3.8) is 0 Å². The zero-order chi connectivity index (χ0) is 21.4. The Hall–Kier alpha value is -4.06. The molecule has 0 spiro atoms. The Balaban J connectivity index is 1.64. The van der Waals surface area contributed by atoms with E-state index >= 15 is 0 Å². The number of carbonyl (C=O) groups excluding carboxylic acids is 1. The summed E-state index contributed by atoms with van der Waals surface area (Å²) in [7, 11) is 1.58. The molecule has 0 fully saturated rings. The number of amides is 1. The van der Waals surface area contributed by atoms with Gasteiger partial charge in [0.05, 0.1) is 24.0 Å². The molecule has 1 aliphatic heterocycles. The van der Waals surface area contributed by atoms with Crippen LogP contribution in [0.2, 0.25) is 0 Å². The average molecular weight is 413 g/mol. The highest BCUT2D eigenvalue weighted by Crippen LogP contribution is 2.44. The Labute approximate surface area is 178 Å². The number of anilines is 1. The standard InChI is InChI=1S/C25H19NO5/c1-29-17-13-11-15(12-14-17)20-21-22(18-9-5-6-10-19(18)30-25(21)28)31-23(20)24(27)26-16-7-3-2-4-8-16/h2-14,20,23H,1H3,(H,26,27)/t20-,23-/m1/s1. The summed E-state index contributed by atoms with van der Waals surface area (Å²) >= 11 is 0. The van der Waals surface area contributed by atoms with Crippen LogP contribution in [0.5, 0.6) is 11.5 Å². The van der Waals surface area contributed by atoms with Crippen LogP contribution >= 0.6 is 0 Å². The number of nitrogens with one attached hydrogen (secondary N) is 1. The molecule has 1 aliphatic rings. The molecule has 2 atom stereocenters. The summed E-state index contributed by atoms with van der Waals surface area (Å²) in [6.45, 7) is 0. The van der Waals surface area contributed by atoms with Gasteiger partial charge in [0, 0.05) is 5.69 Å². The summed E-state index contributed by atoms with van der Waals surface area (Å²) in [6, 6.07) is 23.5. The molecule has 6 heteroatoms. The Morgan fingerprint density at radius 2 is 1.65 bits per heavy atom. The van der Waals surface area contributed by atoms with Crippen molar-refractivity contribution in [3.05, 3.63) is 100 Å². The van der Waals surface area contributed by atoms with Gasteiger partial charge in [0.15, 0.2) is 6.10 Å². The quantitative estimate of drug-likeness (QED) is 0.504. The van der Waals surface area contributed by atoms with E-state index in [2.05, 4.69) is 5.32 Å². The lowest BCUT2D eigenvalue weighted by Crippen LogP contribution is -2.35. The van der Waals surface area contributed by atoms with Gasteiger partial charge in [-0.05, 0) is 42.0 Å². The summed E-state index contributed by atoms with van der Waals surface area (Å²) in [6.07, 6.45) is -0.933. The minimum atomic E-state index is -0.933. The first-order valence-electron chi connectivity index (χ1n) is 9.88. The van der Waals surface area contributed by atoms with Gasteiger partial charge in [-0.2, -0.15) is 0 Å². The molecule has 0 radical (unpaired) electrons. The Bertz CT molecular complexity index is 1310. The second-order valence-electron chi connectivity index (χ2n) is 7.27. The third kappa shape index (κ3) is 3.32. The van der Waals surface area contributed by atoms with Crippen LogP contribution in [0.1, 0.15) is 17.0 Å². The SMILES string of the molecule is COc1ccc([C@@H]2c3c(c4ccccc4oc3=O)O[C@H]2C(=O)Nc2ccccc2)cc1. The van der Waals surface area contributed by atoms with E-state index in [1.54, 1.807) is 43.5 Å². The van der Waals surface area contributed by atoms with Crippen molar-refractivity contribution in [2.75, 3.05) is 12.4 Å². The van der Waals surface area contributed by atoms with Gasteiger partial charge in [0.1, 0.15) is 17.1 Å². The number of ether oxygens (including phenoxy) is 2. The van der Waals surface area contributed by atoms with E-state index in [9.17, 15) is 9.59 Å². The number of benzene rings is 3. The zero-order valence-electron chi connectivity index (χ0n) is 16.7. The van der Waals surface area contributed by atoms with Crippen molar-refractivity contribution >= 4 is 22.6 Å². The lowest BCUT2D eigenvalue weighted by molar-refractivity contribution is -0.122. The summed E-state index contributed by atoms with van der Waals surface area (Å²) in [5, 5.41) is 3.55. The molecule has 0 saturated carbocycles. The lowest BCUT2D eigenvalue weighted by atomic mass is 9.88. The van der Waals surface area contributed by atoms with E-state index in [4.69, 9.17) is 13.9 Å². The molecule has 31 heavy (non-hydrogen) atoms. The second kappa shape index (κ2) is 7.65. The number of fused-ring (bicyclic) bond motifs is 3. The first kappa shape index (κ1) is 18.9. The lowest BCUT2D eigenvalue weighted by Gasteiger charge is -2.19. The Morgan fingerprint density at radius 1 is 0.935 bits per heavy atom. The first-order valence-corrected chi connectivity index (χ1v) is 9.88. The topological polar surface area (TPSA) is 77.8 Å². The normalized spacial score (nSPS) is 17.1. The largest absolute Gasteiger partial charge is 0.497 e. The summed E-state index contributed by atoms with van der Waals surface area (Å²) in [5.41, 5.74) is 1.67. The van der Waals surface area contributed by atoms with Crippen molar-refractivity contribution in [2.24, 2.45) is 0 Å². The van der Waals surface area contributed by atoms with Crippen molar-refractivity contribution in [2.45, 2.75) is 12.0 Å². The van der Waals surface area contributed by atoms with Gasteiger partial charge >= 0.3 is 5.63 Å². The van der Waals surface area contributed by atoms with Crippen molar-refractivity contribution in [1.29, 1.82) is 0 Å². The molecule has 1 aromatic heterocycles. The minimum Gasteiger partial charge on any atom is -0.497 e. The number of carbonyl (C=O) groups is 1. The molecule has 4 aromatic rings. The monoisotopic (exact) mass is 413 g/mol. The molecule has 2 heterocycles. The van der Waals surface area contributed by atoms with E-state index in [0.717, 1.165) is 5.56 Å². The van der Waals surface area contributed by atoms with Crippen molar-refractivity contribution in [1.82, 2.24) is 0 Å². The van der Waals surface area contributed by atoms with Crippen LogP contribution in [0.25, 0.3) is 11.0 Å². The molecule has 0 saturated heterocycles. The van der Waals surface area contributed by atoms with E-state index in [1.165, 1.54) is 0 Å². The average Bonchev–Trinajstić information content (AvgIpc) is 3.22. The molecule has 0 unspecified atom stereocenters. The number of hydrogen-bond acceptors (Lipinski definition) is 5. The van der Waals surface area contributed by atoms with Crippen LogP contribution in [-0.2, 0) is 4.79 Å². The maximum Gasteiger partial charge on any atom is 0.344 e. The first-order chi connectivity index (χ1) is 15.2. The second-order valence-corrected chi connectivity index (χ2v) is 7.27. The summed E-state index contributed by atoms with van der Waals surface area (Å²) < 4.78 is 17.0. The third-order valence-corrected chi connectivity index (χ3v) is 5.43. The van der Waals surface area contributed by atoms with E-state index in [0.29, 0.717) is 33.7 Å². The van der Waals surface area contributed by atoms with Crippen LogP contribution < -0.4 is 20.4 Å². The molecular formula is C25H19NO5. The van der Waals surface area contributed by atoms with Crippen LogP contribution in [0.15, 0.2) is 88.1 Å². The van der Waals surface area contributed by atoms with Gasteiger partial charge in [-0.25, -0.2) is 4.79 Å². The van der Waals surface area contributed by atoms with Crippen LogP contribution in [-0.4, -0.2) is 19.1 Å². The predicted molar refractivity (Wildman–Crippen MR) is 117 cm³/mol. The van der Waals surface area contributed by atoms with Crippen molar-refractivity contribution in [3.8, 4) is 11.5 Å². The maximum atomic E-state index is 13.2. The van der Waals surface area contributed by atoms with Crippen LogP contribution in [0.4, 0.5) is 5.69 Å². The number of hydrogen-bond donors (Lipinski definition) is 1. The van der Waals surface area contributed by atoms with Gasteiger partial charge in [-0.3, -0.25) is 4.79 Å². The predicted octanol–water partition coefficient (Wildman–Crippen LogP) is 4.33. The Kier molecular flexibility index (Phi) is 4.67. The molecule has 6 nitrogen and oxygen atoms in total. The van der Waals surface area contributed by atoms with Crippen molar-refractivity contribution < 1.29 is 18.7 Å². The van der Waals surface area contributed by atoms with E-state index in [1.807, 2.05) is 42.5 Å². The fourth-order valence-corrected chi connectivity index (χ4v) is 3.97. The molecule has 0 bridgehead atoms. The zero-order valence-corrected chi connectivity index (χ0v) is 16.7. The van der Waals surface area contributed by atoms with E-state index in [-0.39, 0.29) is 5.91 Å². The smallest absolute Gasteiger partial charge is 0.344 e. The highest BCUT2D eigenvalue weighted by atomic mass is 16.5. The summed E-state index contributed by atoms with van der Waals surface area (Å²) in [5.74, 6) is 0.108.